The van der Waals surface area contributed by atoms with Crippen molar-refractivity contribution in [3.05, 3.63) is 20.8 Å². The molecule has 0 spiro atoms. The Labute approximate surface area is 97.2 Å². The highest BCUT2D eigenvalue weighted by Crippen LogP contribution is 2.30. The van der Waals surface area contributed by atoms with E-state index in [9.17, 15) is 0 Å². The van der Waals surface area contributed by atoms with Gasteiger partial charge in [-0.3, -0.25) is 4.90 Å². The van der Waals surface area contributed by atoms with Crippen molar-refractivity contribution in [2.45, 2.75) is 18.9 Å². The van der Waals surface area contributed by atoms with Gasteiger partial charge in [-0.05, 0) is 47.9 Å². The first kappa shape index (κ1) is 10.6. The van der Waals surface area contributed by atoms with Gasteiger partial charge in [0.25, 0.3) is 0 Å². The lowest BCUT2D eigenvalue weighted by molar-refractivity contribution is 0.255. The van der Waals surface area contributed by atoms with Crippen LogP contribution in [0.4, 0.5) is 0 Å². The van der Waals surface area contributed by atoms with Crippen molar-refractivity contribution < 1.29 is 0 Å². The number of hydrogen-bond acceptors (Lipinski definition) is 3. The number of hydrogen-bond donors (Lipinski definition) is 1. The van der Waals surface area contributed by atoms with E-state index < -0.39 is 0 Å². The molecular weight excluding hydrogens is 260 g/mol. The summed E-state index contributed by atoms with van der Waals surface area (Å²) in [6.45, 7) is 3.14. The molecule has 2 N–H and O–H groups in total. The Bertz CT molecular complexity index is 294. The molecular formula is C10H15BrN2S. The molecule has 2 heterocycles. The van der Waals surface area contributed by atoms with Crippen LogP contribution in [0, 0.1) is 0 Å². The van der Waals surface area contributed by atoms with Crippen LogP contribution in [0.25, 0.3) is 0 Å². The van der Waals surface area contributed by atoms with Crippen molar-refractivity contribution in [3.8, 4) is 0 Å². The van der Waals surface area contributed by atoms with Gasteiger partial charge in [0, 0.05) is 21.3 Å². The van der Waals surface area contributed by atoms with Crippen LogP contribution in [0.15, 0.2) is 15.9 Å². The van der Waals surface area contributed by atoms with Crippen molar-refractivity contribution in [1.29, 1.82) is 0 Å². The number of nitrogens with two attached hydrogens (primary N) is 1. The highest BCUT2D eigenvalue weighted by molar-refractivity contribution is 9.10. The van der Waals surface area contributed by atoms with E-state index in [1.807, 2.05) is 0 Å². The Kier molecular flexibility index (Phi) is 3.60. The van der Waals surface area contributed by atoms with Gasteiger partial charge in [-0.15, -0.1) is 11.3 Å². The number of halogens is 1. The van der Waals surface area contributed by atoms with E-state index >= 15 is 0 Å². The van der Waals surface area contributed by atoms with Crippen molar-refractivity contribution >= 4 is 27.3 Å². The summed E-state index contributed by atoms with van der Waals surface area (Å²) in [6.07, 6.45) is 2.64. The Morgan fingerprint density at radius 3 is 2.71 bits per heavy atom. The van der Waals surface area contributed by atoms with Crippen LogP contribution in [0.3, 0.4) is 0 Å². The van der Waals surface area contributed by atoms with Gasteiger partial charge in [0.15, 0.2) is 0 Å². The summed E-state index contributed by atoms with van der Waals surface area (Å²) in [7, 11) is 0. The van der Waals surface area contributed by atoms with Crippen molar-refractivity contribution in [1.82, 2.24) is 4.90 Å². The fourth-order valence-electron chi connectivity index (χ4n) is 2.00. The first-order valence-corrected chi connectivity index (χ1v) is 6.66. The molecule has 1 fully saturated rings. The molecule has 1 unspecified atom stereocenters. The highest BCUT2D eigenvalue weighted by atomic mass is 79.9. The maximum atomic E-state index is 5.84. The van der Waals surface area contributed by atoms with Gasteiger partial charge in [0.1, 0.15) is 0 Å². The average molecular weight is 275 g/mol. The van der Waals surface area contributed by atoms with Crippen LogP contribution < -0.4 is 5.73 Å². The van der Waals surface area contributed by atoms with E-state index in [-0.39, 0.29) is 0 Å². The van der Waals surface area contributed by atoms with Crippen LogP contribution in [-0.4, -0.2) is 24.5 Å². The molecule has 4 heteroatoms. The molecule has 2 rings (SSSR count). The number of thiophene rings is 1. The van der Waals surface area contributed by atoms with Crippen molar-refractivity contribution in [3.63, 3.8) is 0 Å². The summed E-state index contributed by atoms with van der Waals surface area (Å²) in [6, 6.07) is 2.63. The standard InChI is InChI=1S/C10H15BrN2S/c11-8-5-10(14-7-8)9(6-12)13-3-1-2-4-13/h5,7,9H,1-4,6,12H2. The second-order valence-corrected chi connectivity index (χ2v) is 5.52. The number of nitrogens with zero attached hydrogens (tertiary/aromatic N) is 1. The summed E-state index contributed by atoms with van der Waals surface area (Å²) in [4.78, 5) is 3.89. The number of rotatable bonds is 3. The smallest absolute Gasteiger partial charge is 0.0564 e. The zero-order chi connectivity index (χ0) is 9.97. The molecule has 1 aromatic rings. The third-order valence-corrected chi connectivity index (χ3v) is 4.52. The molecule has 1 saturated heterocycles. The Morgan fingerprint density at radius 1 is 1.50 bits per heavy atom. The van der Waals surface area contributed by atoms with Gasteiger partial charge in [-0.2, -0.15) is 0 Å². The van der Waals surface area contributed by atoms with E-state index in [4.69, 9.17) is 5.73 Å². The summed E-state index contributed by atoms with van der Waals surface area (Å²) in [5, 5.41) is 2.13. The van der Waals surface area contributed by atoms with E-state index in [0.717, 1.165) is 6.54 Å². The van der Waals surface area contributed by atoms with E-state index in [2.05, 4.69) is 32.3 Å². The van der Waals surface area contributed by atoms with Gasteiger partial charge < -0.3 is 5.73 Å². The van der Waals surface area contributed by atoms with Gasteiger partial charge in [-0.25, -0.2) is 0 Å². The minimum Gasteiger partial charge on any atom is -0.329 e. The second kappa shape index (κ2) is 4.75. The van der Waals surface area contributed by atoms with Crippen molar-refractivity contribution in [2.75, 3.05) is 19.6 Å². The minimum absolute atomic E-state index is 0.439. The molecule has 0 saturated carbocycles. The van der Waals surface area contributed by atoms with Gasteiger partial charge in [0.2, 0.25) is 0 Å². The monoisotopic (exact) mass is 274 g/mol. The summed E-state index contributed by atoms with van der Waals surface area (Å²) in [5.74, 6) is 0. The van der Waals surface area contributed by atoms with Crippen LogP contribution in [0.5, 0.6) is 0 Å². The first-order valence-electron chi connectivity index (χ1n) is 4.99. The Hall–Kier alpha value is 0.1000. The van der Waals surface area contributed by atoms with Gasteiger partial charge in [0.05, 0.1) is 6.04 Å². The molecule has 1 atom stereocenters. The maximum Gasteiger partial charge on any atom is 0.0564 e. The minimum atomic E-state index is 0.439. The van der Waals surface area contributed by atoms with Crippen LogP contribution in [-0.2, 0) is 0 Å². The SMILES string of the molecule is NCC(c1cc(Br)cs1)N1CCCC1. The maximum absolute atomic E-state index is 5.84. The largest absolute Gasteiger partial charge is 0.329 e. The molecule has 0 aromatic carbocycles. The average Bonchev–Trinajstić information content (AvgIpc) is 2.79. The first-order chi connectivity index (χ1) is 6.81. The fraction of sp³-hybridized carbons (Fsp3) is 0.600. The van der Waals surface area contributed by atoms with Crippen LogP contribution >= 0.6 is 27.3 Å². The third-order valence-electron chi connectivity index (χ3n) is 2.72. The van der Waals surface area contributed by atoms with E-state index in [0.29, 0.717) is 6.04 Å². The fourth-order valence-corrected chi connectivity index (χ4v) is 3.59. The predicted octanol–water partition coefficient (Wildman–Crippen LogP) is 2.61. The predicted molar refractivity (Wildman–Crippen MR) is 64.6 cm³/mol. The molecule has 0 bridgehead atoms. The third kappa shape index (κ3) is 2.19. The van der Waals surface area contributed by atoms with E-state index in [1.165, 1.54) is 35.3 Å². The molecule has 2 nitrogen and oxygen atoms in total. The lowest BCUT2D eigenvalue weighted by Gasteiger charge is -2.24. The van der Waals surface area contributed by atoms with Crippen molar-refractivity contribution in [2.24, 2.45) is 5.73 Å². The summed E-state index contributed by atoms with van der Waals surface area (Å²) in [5.41, 5.74) is 5.84. The Balaban J connectivity index is 2.12. The normalized spacial score (nSPS) is 20.1. The van der Waals surface area contributed by atoms with E-state index in [1.54, 1.807) is 11.3 Å². The topological polar surface area (TPSA) is 29.3 Å². The van der Waals surface area contributed by atoms with Gasteiger partial charge in [-0.1, -0.05) is 0 Å². The zero-order valence-corrected chi connectivity index (χ0v) is 10.5. The summed E-state index contributed by atoms with van der Waals surface area (Å²) >= 11 is 5.29. The summed E-state index contributed by atoms with van der Waals surface area (Å²) < 4.78 is 1.18. The van der Waals surface area contributed by atoms with Crippen LogP contribution in [0.1, 0.15) is 23.8 Å². The molecule has 1 aliphatic heterocycles. The second-order valence-electron chi connectivity index (χ2n) is 3.66. The lowest BCUT2D eigenvalue weighted by Crippen LogP contribution is -2.30. The van der Waals surface area contributed by atoms with Crippen LogP contribution in [0.2, 0.25) is 0 Å². The molecule has 14 heavy (non-hydrogen) atoms. The Morgan fingerprint density at radius 2 is 2.21 bits per heavy atom. The zero-order valence-electron chi connectivity index (χ0n) is 8.08. The molecule has 78 valence electrons. The molecule has 1 aromatic heterocycles. The number of likely N-dealkylation sites (tertiary alicyclic amines) is 1. The highest BCUT2D eigenvalue weighted by Gasteiger charge is 2.23. The molecule has 0 radical (unpaired) electrons. The molecule has 1 aliphatic rings. The van der Waals surface area contributed by atoms with Gasteiger partial charge >= 0.3 is 0 Å². The lowest BCUT2D eigenvalue weighted by atomic mass is 10.2. The molecule has 0 amide bonds. The molecule has 0 aliphatic carbocycles. The quantitative estimate of drug-likeness (QED) is 0.918.